The maximum atomic E-state index is 3.52. The molecular formula is C19H26N2. The van der Waals surface area contributed by atoms with E-state index in [1.807, 2.05) is 0 Å². The molecule has 0 fully saturated rings. The molecule has 2 nitrogen and oxygen atoms in total. The average molecular weight is 282 g/mol. The van der Waals surface area contributed by atoms with Crippen LogP contribution in [0.25, 0.3) is 0 Å². The van der Waals surface area contributed by atoms with Crippen molar-refractivity contribution in [3.8, 4) is 0 Å². The Hall–Kier alpha value is -1.64. The number of hydrogen-bond donors (Lipinski definition) is 1. The van der Waals surface area contributed by atoms with Crippen molar-refractivity contribution < 1.29 is 0 Å². The summed E-state index contributed by atoms with van der Waals surface area (Å²) in [5.41, 5.74) is 4.08. The Morgan fingerprint density at radius 3 is 2.48 bits per heavy atom. The van der Waals surface area contributed by atoms with Gasteiger partial charge in [0.05, 0.1) is 0 Å². The summed E-state index contributed by atoms with van der Waals surface area (Å²) >= 11 is 0. The Balaban J connectivity index is 1.59. The van der Waals surface area contributed by atoms with Gasteiger partial charge in [0.2, 0.25) is 0 Å². The maximum Gasteiger partial charge on any atom is 0.0230 e. The van der Waals surface area contributed by atoms with Crippen LogP contribution in [0.3, 0.4) is 0 Å². The molecule has 2 heteroatoms. The summed E-state index contributed by atoms with van der Waals surface area (Å²) < 4.78 is 0. The number of rotatable bonds is 8. The number of benzene rings is 2. The molecule has 2 rings (SSSR count). The first-order valence-corrected chi connectivity index (χ1v) is 7.73. The zero-order chi connectivity index (χ0) is 14.9. The summed E-state index contributed by atoms with van der Waals surface area (Å²) in [7, 11) is 2.19. The molecule has 0 radical (unpaired) electrons. The van der Waals surface area contributed by atoms with Crippen LogP contribution in [-0.2, 0) is 13.1 Å². The molecule has 0 aromatic heterocycles. The van der Waals surface area contributed by atoms with E-state index in [-0.39, 0.29) is 0 Å². The Morgan fingerprint density at radius 2 is 1.71 bits per heavy atom. The third kappa shape index (κ3) is 6.11. The Kier molecular flexibility index (Phi) is 6.45. The third-order valence-electron chi connectivity index (χ3n) is 3.60. The normalized spacial score (nSPS) is 11.0. The van der Waals surface area contributed by atoms with Crippen molar-refractivity contribution in [2.24, 2.45) is 0 Å². The predicted octanol–water partition coefficient (Wildman–Crippen LogP) is 3.61. The van der Waals surface area contributed by atoms with Gasteiger partial charge >= 0.3 is 0 Å². The van der Waals surface area contributed by atoms with E-state index in [1.165, 1.54) is 23.1 Å². The number of aryl methyl sites for hydroxylation is 1. The van der Waals surface area contributed by atoms with E-state index in [0.29, 0.717) is 0 Å². The molecule has 1 N–H and O–H groups in total. The minimum atomic E-state index is 0.962. The first-order valence-electron chi connectivity index (χ1n) is 7.73. The van der Waals surface area contributed by atoms with Crippen LogP contribution in [0.5, 0.6) is 0 Å². The van der Waals surface area contributed by atoms with Gasteiger partial charge in [-0.3, -0.25) is 0 Å². The van der Waals surface area contributed by atoms with E-state index in [4.69, 9.17) is 0 Å². The maximum absolute atomic E-state index is 3.52. The molecule has 112 valence electrons. The van der Waals surface area contributed by atoms with E-state index < -0.39 is 0 Å². The summed E-state index contributed by atoms with van der Waals surface area (Å²) in [6.45, 7) is 6.31. The van der Waals surface area contributed by atoms with Crippen LogP contribution in [0.1, 0.15) is 23.1 Å². The van der Waals surface area contributed by atoms with Gasteiger partial charge < -0.3 is 10.2 Å². The van der Waals surface area contributed by atoms with Crippen LogP contribution in [0.2, 0.25) is 0 Å². The quantitative estimate of drug-likeness (QED) is 0.744. The second-order valence-corrected chi connectivity index (χ2v) is 5.74. The topological polar surface area (TPSA) is 15.3 Å². The summed E-state index contributed by atoms with van der Waals surface area (Å²) in [5, 5.41) is 3.52. The van der Waals surface area contributed by atoms with Crippen molar-refractivity contribution in [1.82, 2.24) is 10.2 Å². The van der Waals surface area contributed by atoms with Crippen molar-refractivity contribution in [2.75, 3.05) is 20.1 Å². The summed E-state index contributed by atoms with van der Waals surface area (Å²) in [6.07, 6.45) is 1.18. The molecule has 0 atom stereocenters. The molecule has 2 aromatic rings. The molecule has 0 aliphatic rings. The minimum absolute atomic E-state index is 0.962. The molecule has 2 aromatic carbocycles. The standard InChI is InChI=1S/C19H26N2/c1-17-8-6-11-19(14-17)15-20-12-7-13-21(2)16-18-9-4-3-5-10-18/h3-6,8-11,14,20H,7,12-13,15-16H2,1-2H3. The van der Waals surface area contributed by atoms with E-state index in [9.17, 15) is 0 Å². The highest BCUT2D eigenvalue weighted by atomic mass is 15.1. The smallest absolute Gasteiger partial charge is 0.0230 e. The van der Waals surface area contributed by atoms with E-state index >= 15 is 0 Å². The lowest BCUT2D eigenvalue weighted by Gasteiger charge is -2.16. The molecule has 21 heavy (non-hydrogen) atoms. The van der Waals surface area contributed by atoms with Crippen LogP contribution >= 0.6 is 0 Å². The van der Waals surface area contributed by atoms with Crippen LogP contribution in [-0.4, -0.2) is 25.0 Å². The lowest BCUT2D eigenvalue weighted by molar-refractivity contribution is 0.319. The largest absolute Gasteiger partial charge is 0.313 e. The predicted molar refractivity (Wildman–Crippen MR) is 90.3 cm³/mol. The number of nitrogens with one attached hydrogen (secondary N) is 1. The van der Waals surface area contributed by atoms with E-state index in [0.717, 1.165) is 26.2 Å². The Morgan fingerprint density at radius 1 is 0.952 bits per heavy atom. The zero-order valence-electron chi connectivity index (χ0n) is 13.2. The average Bonchev–Trinajstić information content (AvgIpc) is 2.48. The fourth-order valence-electron chi connectivity index (χ4n) is 2.50. The van der Waals surface area contributed by atoms with Crippen LogP contribution in [0.4, 0.5) is 0 Å². The molecule has 0 aliphatic heterocycles. The first kappa shape index (κ1) is 15.7. The number of nitrogens with zero attached hydrogens (tertiary/aromatic N) is 1. The highest BCUT2D eigenvalue weighted by molar-refractivity contribution is 5.21. The Bertz CT molecular complexity index is 522. The van der Waals surface area contributed by atoms with E-state index in [1.54, 1.807) is 0 Å². The van der Waals surface area contributed by atoms with Gasteiger partial charge in [-0.05, 0) is 44.6 Å². The van der Waals surface area contributed by atoms with Gasteiger partial charge in [0.1, 0.15) is 0 Å². The number of hydrogen-bond acceptors (Lipinski definition) is 2. The van der Waals surface area contributed by atoms with Gasteiger partial charge in [0.15, 0.2) is 0 Å². The SMILES string of the molecule is Cc1cccc(CNCCCN(C)Cc2ccccc2)c1. The molecule has 0 unspecified atom stereocenters. The van der Waals surface area contributed by atoms with E-state index in [2.05, 4.69) is 78.8 Å². The molecule has 0 bridgehead atoms. The summed E-state index contributed by atoms with van der Waals surface area (Å²) in [6, 6.07) is 19.3. The molecule has 0 amide bonds. The summed E-state index contributed by atoms with van der Waals surface area (Å²) in [5.74, 6) is 0. The third-order valence-corrected chi connectivity index (χ3v) is 3.60. The summed E-state index contributed by atoms with van der Waals surface area (Å²) in [4.78, 5) is 2.38. The monoisotopic (exact) mass is 282 g/mol. The van der Waals surface area contributed by atoms with Crippen molar-refractivity contribution in [1.29, 1.82) is 0 Å². The minimum Gasteiger partial charge on any atom is -0.313 e. The fraction of sp³-hybridized carbons (Fsp3) is 0.368. The van der Waals surface area contributed by atoms with Gasteiger partial charge in [-0.25, -0.2) is 0 Å². The molecule has 0 heterocycles. The van der Waals surface area contributed by atoms with Gasteiger partial charge in [-0.15, -0.1) is 0 Å². The van der Waals surface area contributed by atoms with Gasteiger partial charge in [-0.1, -0.05) is 60.2 Å². The van der Waals surface area contributed by atoms with Crippen molar-refractivity contribution in [3.63, 3.8) is 0 Å². The van der Waals surface area contributed by atoms with Crippen molar-refractivity contribution in [3.05, 3.63) is 71.3 Å². The molecule has 0 saturated carbocycles. The van der Waals surface area contributed by atoms with Gasteiger partial charge in [-0.2, -0.15) is 0 Å². The van der Waals surface area contributed by atoms with Gasteiger partial charge in [0.25, 0.3) is 0 Å². The Labute approximate surface area is 128 Å². The molecule has 0 aliphatic carbocycles. The molecule has 0 saturated heterocycles. The lowest BCUT2D eigenvalue weighted by Crippen LogP contribution is -2.23. The second-order valence-electron chi connectivity index (χ2n) is 5.74. The van der Waals surface area contributed by atoms with Crippen LogP contribution in [0, 0.1) is 6.92 Å². The molecule has 0 spiro atoms. The second kappa shape index (κ2) is 8.60. The lowest BCUT2D eigenvalue weighted by atomic mass is 10.1. The van der Waals surface area contributed by atoms with Crippen LogP contribution < -0.4 is 5.32 Å². The fourth-order valence-corrected chi connectivity index (χ4v) is 2.50. The highest BCUT2D eigenvalue weighted by Crippen LogP contribution is 2.04. The molecular weight excluding hydrogens is 256 g/mol. The van der Waals surface area contributed by atoms with Crippen LogP contribution in [0.15, 0.2) is 54.6 Å². The van der Waals surface area contributed by atoms with Crippen molar-refractivity contribution in [2.45, 2.75) is 26.4 Å². The highest BCUT2D eigenvalue weighted by Gasteiger charge is 1.99. The zero-order valence-corrected chi connectivity index (χ0v) is 13.2. The first-order chi connectivity index (χ1) is 10.2. The van der Waals surface area contributed by atoms with Gasteiger partial charge in [0, 0.05) is 13.1 Å². The van der Waals surface area contributed by atoms with Crippen molar-refractivity contribution >= 4 is 0 Å².